The Morgan fingerprint density at radius 3 is 2.47 bits per heavy atom. The van der Waals surface area contributed by atoms with Crippen LogP contribution in [0.4, 0.5) is 8.78 Å². The van der Waals surface area contributed by atoms with Gasteiger partial charge in [0, 0.05) is 6.07 Å². The van der Waals surface area contributed by atoms with E-state index >= 15 is 0 Å². The molecule has 0 amide bonds. The fraction of sp³-hybridized carbons (Fsp3) is 0.0870. The van der Waals surface area contributed by atoms with E-state index in [4.69, 9.17) is 13.9 Å². The molecular weight excluding hydrogens is 458 g/mol. The van der Waals surface area contributed by atoms with Gasteiger partial charge in [0.15, 0.2) is 0 Å². The summed E-state index contributed by atoms with van der Waals surface area (Å²) in [5.74, 6) is -0.206. The topological polar surface area (TPSA) is 48.7 Å². The first kappa shape index (κ1) is 20.1. The Balaban J connectivity index is 1.64. The van der Waals surface area contributed by atoms with E-state index in [2.05, 4.69) is 15.9 Å². The lowest BCUT2D eigenvalue weighted by Gasteiger charge is -2.11. The highest BCUT2D eigenvalue weighted by molar-refractivity contribution is 9.10. The van der Waals surface area contributed by atoms with Crippen molar-refractivity contribution in [3.05, 3.63) is 98.3 Å². The second kappa shape index (κ2) is 8.28. The van der Waals surface area contributed by atoms with E-state index in [-0.39, 0.29) is 28.9 Å². The maximum atomic E-state index is 13.8. The number of benzene rings is 3. The average Bonchev–Trinajstić information content (AvgIpc) is 2.72. The van der Waals surface area contributed by atoms with Crippen LogP contribution >= 0.6 is 15.9 Å². The number of hydrogen-bond donors (Lipinski definition) is 0. The quantitative estimate of drug-likeness (QED) is 0.332. The minimum Gasteiger partial charge on any atom is -0.489 e. The van der Waals surface area contributed by atoms with Crippen LogP contribution in [-0.2, 0) is 6.61 Å². The van der Waals surface area contributed by atoms with Crippen molar-refractivity contribution in [1.82, 2.24) is 0 Å². The fourth-order valence-electron chi connectivity index (χ4n) is 2.94. The largest absolute Gasteiger partial charge is 0.489 e. The van der Waals surface area contributed by atoms with E-state index < -0.39 is 11.6 Å². The summed E-state index contributed by atoms with van der Waals surface area (Å²) in [4.78, 5) is 12.9. The van der Waals surface area contributed by atoms with Crippen molar-refractivity contribution in [2.75, 3.05) is 0 Å². The third kappa shape index (κ3) is 3.93. The molecule has 0 fully saturated rings. The van der Waals surface area contributed by atoms with Crippen molar-refractivity contribution >= 4 is 26.9 Å². The summed E-state index contributed by atoms with van der Waals surface area (Å²) >= 11 is 3.38. The minimum atomic E-state index is -0.688. The van der Waals surface area contributed by atoms with Crippen molar-refractivity contribution in [3.8, 4) is 17.2 Å². The summed E-state index contributed by atoms with van der Waals surface area (Å²) in [6.07, 6.45) is 0. The molecule has 0 unspecified atom stereocenters. The zero-order chi connectivity index (χ0) is 21.3. The molecular formula is C23H15BrF2O4. The highest BCUT2D eigenvalue weighted by Crippen LogP contribution is 2.31. The summed E-state index contributed by atoms with van der Waals surface area (Å²) < 4.78 is 45.3. The maximum absolute atomic E-state index is 13.8. The first-order valence-corrected chi connectivity index (χ1v) is 9.79. The Kier molecular flexibility index (Phi) is 5.55. The third-order valence-corrected chi connectivity index (χ3v) is 5.14. The SMILES string of the molecule is Cc1oc2cc(OCc3c(F)cccc3F)ccc2c(=O)c1Oc1ccccc1Br. The molecule has 0 aliphatic rings. The average molecular weight is 473 g/mol. The molecule has 3 aromatic carbocycles. The summed E-state index contributed by atoms with van der Waals surface area (Å²) in [6.45, 7) is 1.33. The van der Waals surface area contributed by atoms with Gasteiger partial charge in [-0.15, -0.1) is 0 Å². The van der Waals surface area contributed by atoms with Crippen LogP contribution in [0.5, 0.6) is 17.2 Å². The highest BCUT2D eigenvalue weighted by Gasteiger charge is 2.16. The van der Waals surface area contributed by atoms with Gasteiger partial charge >= 0.3 is 0 Å². The predicted octanol–water partition coefficient (Wildman–Crippen LogP) is 6.51. The lowest BCUT2D eigenvalue weighted by atomic mass is 10.2. The number of aryl methyl sites for hydroxylation is 1. The Bertz CT molecular complexity index is 1280. The predicted molar refractivity (Wildman–Crippen MR) is 112 cm³/mol. The van der Waals surface area contributed by atoms with Crippen LogP contribution in [0.25, 0.3) is 11.0 Å². The number of hydrogen-bond acceptors (Lipinski definition) is 4. The van der Waals surface area contributed by atoms with Crippen LogP contribution < -0.4 is 14.9 Å². The zero-order valence-corrected chi connectivity index (χ0v) is 17.3. The van der Waals surface area contributed by atoms with E-state index in [0.717, 1.165) is 12.1 Å². The van der Waals surface area contributed by atoms with Crippen LogP contribution in [0, 0.1) is 18.6 Å². The Hall–Kier alpha value is -3.19. The van der Waals surface area contributed by atoms with Crippen molar-refractivity contribution < 1.29 is 22.7 Å². The molecule has 0 saturated carbocycles. The van der Waals surface area contributed by atoms with E-state index in [1.807, 2.05) is 6.07 Å². The van der Waals surface area contributed by atoms with Crippen LogP contribution in [-0.4, -0.2) is 0 Å². The molecule has 0 saturated heterocycles. The Morgan fingerprint density at radius 2 is 1.73 bits per heavy atom. The van der Waals surface area contributed by atoms with Crippen LogP contribution in [0.2, 0.25) is 0 Å². The fourth-order valence-corrected chi connectivity index (χ4v) is 3.31. The summed E-state index contributed by atoms with van der Waals surface area (Å²) in [5, 5.41) is 0.298. The van der Waals surface area contributed by atoms with Crippen LogP contribution in [0.1, 0.15) is 11.3 Å². The highest BCUT2D eigenvalue weighted by atomic mass is 79.9. The number of halogens is 3. The standard InChI is InChI=1S/C23H15BrF2O4/c1-13-23(30-20-8-3-2-5-17(20)24)22(27)15-10-9-14(11-21(15)29-13)28-12-16-18(25)6-4-7-19(16)26/h2-11H,12H2,1H3. The van der Waals surface area contributed by atoms with E-state index in [1.54, 1.807) is 25.1 Å². The van der Waals surface area contributed by atoms with Gasteiger partial charge in [-0.1, -0.05) is 18.2 Å². The zero-order valence-electron chi connectivity index (χ0n) is 15.7. The van der Waals surface area contributed by atoms with E-state index in [1.165, 1.54) is 24.3 Å². The molecule has 4 rings (SSSR count). The minimum absolute atomic E-state index is 0.0801. The molecule has 0 aliphatic heterocycles. The number of fused-ring (bicyclic) bond motifs is 1. The van der Waals surface area contributed by atoms with Gasteiger partial charge in [-0.3, -0.25) is 4.79 Å². The summed E-state index contributed by atoms with van der Waals surface area (Å²) in [6, 6.07) is 15.3. The second-order valence-electron chi connectivity index (χ2n) is 6.50. The molecule has 4 nitrogen and oxygen atoms in total. The van der Waals surface area contributed by atoms with Gasteiger partial charge in [0.05, 0.1) is 15.4 Å². The van der Waals surface area contributed by atoms with E-state index in [0.29, 0.717) is 27.1 Å². The van der Waals surface area contributed by atoms with Crippen LogP contribution in [0.15, 0.2) is 74.3 Å². The molecule has 0 radical (unpaired) electrons. The molecule has 1 heterocycles. The van der Waals surface area contributed by atoms with Gasteiger partial charge in [-0.2, -0.15) is 0 Å². The van der Waals surface area contributed by atoms with Gasteiger partial charge in [-0.25, -0.2) is 8.78 Å². The Morgan fingerprint density at radius 1 is 1.00 bits per heavy atom. The normalized spacial score (nSPS) is 10.9. The van der Waals surface area contributed by atoms with Crippen LogP contribution in [0.3, 0.4) is 0 Å². The molecule has 0 atom stereocenters. The van der Waals surface area contributed by atoms with Gasteiger partial charge < -0.3 is 13.9 Å². The summed E-state index contributed by atoms with van der Waals surface area (Å²) in [5.41, 5.74) is -0.230. The van der Waals surface area contributed by atoms with Gasteiger partial charge in [0.2, 0.25) is 11.2 Å². The number of ether oxygens (including phenoxy) is 2. The van der Waals surface area contributed by atoms with Crippen molar-refractivity contribution in [2.24, 2.45) is 0 Å². The number of rotatable bonds is 5. The Labute approximate surface area is 178 Å². The lowest BCUT2D eigenvalue weighted by molar-refractivity contribution is 0.292. The maximum Gasteiger partial charge on any atom is 0.235 e. The molecule has 152 valence electrons. The third-order valence-electron chi connectivity index (χ3n) is 4.48. The van der Waals surface area contributed by atoms with Crippen molar-refractivity contribution in [1.29, 1.82) is 0 Å². The van der Waals surface area contributed by atoms with Gasteiger partial charge in [0.1, 0.15) is 41.1 Å². The summed E-state index contributed by atoms with van der Waals surface area (Å²) in [7, 11) is 0. The first-order valence-electron chi connectivity index (χ1n) is 8.99. The first-order chi connectivity index (χ1) is 14.4. The molecule has 0 spiro atoms. The molecule has 30 heavy (non-hydrogen) atoms. The molecule has 4 aromatic rings. The van der Waals surface area contributed by atoms with E-state index in [9.17, 15) is 13.6 Å². The van der Waals surface area contributed by atoms with Crippen molar-refractivity contribution in [3.63, 3.8) is 0 Å². The van der Waals surface area contributed by atoms with Gasteiger partial charge in [0.25, 0.3) is 0 Å². The molecule has 1 aromatic heterocycles. The monoisotopic (exact) mass is 472 g/mol. The number of para-hydroxylation sites is 1. The lowest BCUT2D eigenvalue weighted by Crippen LogP contribution is -2.08. The second-order valence-corrected chi connectivity index (χ2v) is 7.35. The molecule has 0 N–H and O–H groups in total. The molecule has 0 aliphatic carbocycles. The smallest absolute Gasteiger partial charge is 0.235 e. The molecule has 7 heteroatoms. The van der Waals surface area contributed by atoms with Crippen molar-refractivity contribution in [2.45, 2.75) is 13.5 Å². The molecule has 0 bridgehead atoms. The van der Waals surface area contributed by atoms with Gasteiger partial charge in [-0.05, 0) is 59.3 Å².